The van der Waals surface area contributed by atoms with Gasteiger partial charge >= 0.3 is 0 Å². The first-order valence-corrected chi connectivity index (χ1v) is 7.96. The summed E-state index contributed by atoms with van der Waals surface area (Å²) in [7, 11) is 0. The van der Waals surface area contributed by atoms with Gasteiger partial charge in [0.25, 0.3) is 0 Å². The van der Waals surface area contributed by atoms with Gasteiger partial charge in [-0.2, -0.15) is 5.10 Å². The summed E-state index contributed by atoms with van der Waals surface area (Å²) in [5, 5.41) is 4.60. The Kier molecular flexibility index (Phi) is 4.47. The quantitative estimate of drug-likeness (QED) is 0.652. The van der Waals surface area contributed by atoms with Crippen LogP contribution < -0.4 is 4.74 Å². The molecular weight excluding hydrogens is 300 g/mol. The van der Waals surface area contributed by atoms with Crippen LogP contribution in [0.1, 0.15) is 29.8 Å². The molecule has 24 heavy (non-hydrogen) atoms. The molecule has 0 unspecified atom stereocenters. The summed E-state index contributed by atoms with van der Waals surface area (Å²) in [6, 6.07) is 15.6. The van der Waals surface area contributed by atoms with Crippen LogP contribution in [0.25, 0.3) is 16.9 Å². The number of nitrogens with zero attached hydrogens (tertiary/aromatic N) is 2. The Morgan fingerprint density at radius 3 is 2.50 bits per heavy atom. The predicted molar refractivity (Wildman–Crippen MR) is 94.9 cm³/mol. The summed E-state index contributed by atoms with van der Waals surface area (Å²) in [5.41, 5.74) is 4.08. The van der Waals surface area contributed by atoms with Crippen LogP contribution >= 0.6 is 0 Å². The first-order valence-electron chi connectivity index (χ1n) is 7.96. The second-order valence-corrected chi connectivity index (χ2v) is 5.98. The van der Waals surface area contributed by atoms with Gasteiger partial charge in [-0.05, 0) is 56.7 Å². The van der Waals surface area contributed by atoms with Crippen molar-refractivity contribution in [1.82, 2.24) is 9.78 Å². The first-order chi connectivity index (χ1) is 11.6. The Morgan fingerprint density at radius 1 is 1.12 bits per heavy atom. The maximum Gasteiger partial charge on any atom is 0.153 e. The molecule has 0 radical (unpaired) electrons. The maximum absolute atomic E-state index is 11.5. The lowest BCUT2D eigenvalue weighted by Crippen LogP contribution is -2.06. The van der Waals surface area contributed by atoms with E-state index in [1.165, 1.54) is 0 Å². The van der Waals surface area contributed by atoms with Gasteiger partial charge in [-0.15, -0.1) is 0 Å². The van der Waals surface area contributed by atoms with Crippen molar-refractivity contribution in [3.63, 3.8) is 0 Å². The molecule has 0 aliphatic heterocycles. The van der Waals surface area contributed by atoms with Crippen LogP contribution in [0.4, 0.5) is 0 Å². The van der Waals surface area contributed by atoms with Crippen LogP contribution in [-0.2, 0) is 0 Å². The molecule has 0 fully saturated rings. The topological polar surface area (TPSA) is 44.1 Å². The number of rotatable bonds is 5. The number of para-hydroxylation sites is 1. The van der Waals surface area contributed by atoms with Gasteiger partial charge in [0.2, 0.25) is 0 Å². The lowest BCUT2D eigenvalue weighted by atomic mass is 10.1. The predicted octanol–water partition coefficient (Wildman–Crippen LogP) is 4.45. The SMILES string of the molecule is Cc1cc(-c2nn(-c3ccccc3)cc2C=O)ccc1OC(C)C. The molecule has 4 heteroatoms. The molecule has 0 spiro atoms. The maximum atomic E-state index is 11.5. The average Bonchev–Trinajstić information content (AvgIpc) is 3.01. The van der Waals surface area contributed by atoms with Crippen LogP contribution in [0.3, 0.4) is 0 Å². The van der Waals surface area contributed by atoms with Crippen molar-refractivity contribution in [3.05, 3.63) is 65.9 Å². The van der Waals surface area contributed by atoms with Gasteiger partial charge in [-0.1, -0.05) is 18.2 Å². The van der Waals surface area contributed by atoms with E-state index in [1.807, 2.05) is 69.3 Å². The summed E-state index contributed by atoms with van der Waals surface area (Å²) in [4.78, 5) is 11.5. The first kappa shape index (κ1) is 16.0. The molecule has 0 N–H and O–H groups in total. The minimum Gasteiger partial charge on any atom is -0.491 e. The van der Waals surface area contributed by atoms with E-state index in [-0.39, 0.29) is 6.10 Å². The minimum atomic E-state index is 0.123. The minimum absolute atomic E-state index is 0.123. The molecule has 0 saturated carbocycles. The lowest BCUT2D eigenvalue weighted by molar-refractivity contribution is 0.112. The third-order valence-electron chi connectivity index (χ3n) is 3.70. The van der Waals surface area contributed by atoms with Crippen LogP contribution in [0, 0.1) is 6.92 Å². The number of aldehydes is 1. The highest BCUT2D eigenvalue weighted by atomic mass is 16.5. The van der Waals surface area contributed by atoms with Gasteiger partial charge in [0, 0.05) is 11.8 Å². The van der Waals surface area contributed by atoms with Gasteiger partial charge < -0.3 is 4.74 Å². The van der Waals surface area contributed by atoms with E-state index in [9.17, 15) is 4.79 Å². The van der Waals surface area contributed by atoms with Crippen molar-refractivity contribution in [2.75, 3.05) is 0 Å². The molecule has 0 aliphatic rings. The molecule has 0 aliphatic carbocycles. The van der Waals surface area contributed by atoms with Crippen LogP contribution in [0.15, 0.2) is 54.7 Å². The molecule has 122 valence electrons. The van der Waals surface area contributed by atoms with Crippen molar-refractivity contribution in [2.24, 2.45) is 0 Å². The van der Waals surface area contributed by atoms with Crippen molar-refractivity contribution in [3.8, 4) is 22.7 Å². The fraction of sp³-hybridized carbons (Fsp3) is 0.200. The average molecular weight is 320 g/mol. The summed E-state index contributed by atoms with van der Waals surface area (Å²) in [6.07, 6.45) is 2.72. The summed E-state index contributed by atoms with van der Waals surface area (Å²) in [6.45, 7) is 5.99. The van der Waals surface area contributed by atoms with Crippen molar-refractivity contribution in [2.45, 2.75) is 26.9 Å². The van der Waals surface area contributed by atoms with Crippen LogP contribution in [0.2, 0.25) is 0 Å². The summed E-state index contributed by atoms with van der Waals surface area (Å²) >= 11 is 0. The van der Waals surface area contributed by atoms with Gasteiger partial charge in [0.15, 0.2) is 6.29 Å². The van der Waals surface area contributed by atoms with E-state index >= 15 is 0 Å². The number of carbonyl (C=O) groups excluding carboxylic acids is 1. The van der Waals surface area contributed by atoms with E-state index in [0.717, 1.165) is 28.8 Å². The zero-order chi connectivity index (χ0) is 17.1. The molecular formula is C20H20N2O2. The Labute approximate surface area is 141 Å². The lowest BCUT2D eigenvalue weighted by Gasteiger charge is -2.13. The van der Waals surface area contributed by atoms with E-state index in [0.29, 0.717) is 11.3 Å². The van der Waals surface area contributed by atoms with Crippen LogP contribution in [-0.4, -0.2) is 22.2 Å². The molecule has 3 rings (SSSR count). The molecule has 0 amide bonds. The molecule has 0 saturated heterocycles. The number of carbonyl (C=O) groups is 1. The van der Waals surface area contributed by atoms with Crippen molar-refractivity contribution in [1.29, 1.82) is 0 Å². The molecule has 0 bridgehead atoms. The Hall–Kier alpha value is -2.88. The van der Waals surface area contributed by atoms with Gasteiger partial charge in [0.1, 0.15) is 11.4 Å². The Balaban J connectivity index is 2.02. The number of benzene rings is 2. The third kappa shape index (κ3) is 3.23. The molecule has 0 atom stereocenters. The van der Waals surface area contributed by atoms with E-state index < -0.39 is 0 Å². The fourth-order valence-corrected chi connectivity index (χ4v) is 2.59. The fourth-order valence-electron chi connectivity index (χ4n) is 2.59. The molecule has 3 aromatic rings. The number of aromatic nitrogens is 2. The van der Waals surface area contributed by atoms with Gasteiger partial charge in [-0.3, -0.25) is 4.79 Å². The zero-order valence-corrected chi connectivity index (χ0v) is 14.1. The van der Waals surface area contributed by atoms with E-state index in [4.69, 9.17) is 4.74 Å². The monoisotopic (exact) mass is 320 g/mol. The van der Waals surface area contributed by atoms with E-state index in [1.54, 1.807) is 10.9 Å². The van der Waals surface area contributed by atoms with Gasteiger partial charge in [-0.25, -0.2) is 4.68 Å². The van der Waals surface area contributed by atoms with Crippen LogP contribution in [0.5, 0.6) is 5.75 Å². The van der Waals surface area contributed by atoms with Gasteiger partial charge in [0.05, 0.1) is 17.4 Å². The number of ether oxygens (including phenoxy) is 1. The smallest absolute Gasteiger partial charge is 0.153 e. The second-order valence-electron chi connectivity index (χ2n) is 5.98. The molecule has 2 aromatic carbocycles. The van der Waals surface area contributed by atoms with Crippen molar-refractivity contribution >= 4 is 6.29 Å². The van der Waals surface area contributed by atoms with Crippen molar-refractivity contribution < 1.29 is 9.53 Å². The second kappa shape index (κ2) is 6.71. The molecule has 1 aromatic heterocycles. The number of aryl methyl sites for hydroxylation is 1. The Morgan fingerprint density at radius 2 is 1.88 bits per heavy atom. The van der Waals surface area contributed by atoms with E-state index in [2.05, 4.69) is 5.10 Å². The summed E-state index contributed by atoms with van der Waals surface area (Å²) in [5.74, 6) is 0.851. The molecule has 1 heterocycles. The largest absolute Gasteiger partial charge is 0.491 e. The Bertz CT molecular complexity index is 851. The normalized spacial score (nSPS) is 10.8. The third-order valence-corrected chi connectivity index (χ3v) is 3.70. The highest BCUT2D eigenvalue weighted by Crippen LogP contribution is 2.28. The number of hydrogen-bond donors (Lipinski definition) is 0. The standard InChI is InChI=1S/C20H20N2O2/c1-14(2)24-19-10-9-16(11-15(19)3)20-17(13-23)12-22(21-20)18-7-5-4-6-8-18/h4-14H,1-3H3. The zero-order valence-electron chi connectivity index (χ0n) is 14.1. The highest BCUT2D eigenvalue weighted by molar-refractivity contribution is 5.85. The molecule has 4 nitrogen and oxygen atoms in total. The number of hydrogen-bond acceptors (Lipinski definition) is 3. The summed E-state index contributed by atoms with van der Waals surface area (Å²) < 4.78 is 7.50. The highest BCUT2D eigenvalue weighted by Gasteiger charge is 2.13.